The number of nitrogens with zero attached hydrogens (tertiary/aromatic N) is 4. The lowest BCUT2D eigenvalue weighted by molar-refractivity contribution is 0.253. The van der Waals surface area contributed by atoms with Gasteiger partial charge in [0, 0.05) is 13.1 Å². The van der Waals surface area contributed by atoms with Crippen LogP contribution in [0.25, 0.3) is 0 Å². The minimum atomic E-state index is -3.48. The Morgan fingerprint density at radius 3 is 2.46 bits per heavy atom. The Labute approximate surface area is 143 Å². The fourth-order valence-corrected chi connectivity index (χ4v) is 4.55. The monoisotopic (exact) mass is 348 g/mol. The van der Waals surface area contributed by atoms with Crippen molar-refractivity contribution in [1.82, 2.24) is 19.1 Å². The molecule has 1 fully saturated rings. The Balaban J connectivity index is 1.82. The molecule has 1 aliphatic rings. The summed E-state index contributed by atoms with van der Waals surface area (Å²) >= 11 is 0. The van der Waals surface area contributed by atoms with E-state index in [1.165, 1.54) is 6.33 Å². The molecule has 0 saturated carbocycles. The van der Waals surface area contributed by atoms with E-state index in [1.807, 2.05) is 12.1 Å². The lowest BCUT2D eigenvalue weighted by Gasteiger charge is -2.31. The summed E-state index contributed by atoms with van der Waals surface area (Å²) in [6, 6.07) is 7.30. The van der Waals surface area contributed by atoms with Gasteiger partial charge in [0.25, 0.3) is 0 Å². The Hall–Kier alpha value is -1.73. The molecule has 0 spiro atoms. The standard InChI is InChI=1S/C17H24N4O2S/c1-17(2,3)14-6-8-16(9-7-14)24(22,23)20-10-4-5-15(11-20)21-13-18-12-19-21/h6-9,12-13,15H,4-5,10-11H2,1-3H3. The highest BCUT2D eigenvalue weighted by Crippen LogP contribution is 2.28. The number of piperidine rings is 1. The van der Waals surface area contributed by atoms with Crippen molar-refractivity contribution >= 4 is 10.0 Å². The van der Waals surface area contributed by atoms with Gasteiger partial charge < -0.3 is 0 Å². The maximum Gasteiger partial charge on any atom is 0.243 e. The van der Waals surface area contributed by atoms with Gasteiger partial charge in [-0.1, -0.05) is 32.9 Å². The minimum absolute atomic E-state index is 0.00556. The van der Waals surface area contributed by atoms with Crippen LogP contribution >= 0.6 is 0 Å². The van der Waals surface area contributed by atoms with Crippen LogP contribution in [0.3, 0.4) is 0 Å². The second-order valence-electron chi connectivity index (χ2n) is 7.31. The average Bonchev–Trinajstić information content (AvgIpc) is 3.09. The summed E-state index contributed by atoms with van der Waals surface area (Å²) < 4.78 is 29.2. The van der Waals surface area contributed by atoms with Gasteiger partial charge in [0.1, 0.15) is 12.7 Å². The average molecular weight is 348 g/mol. The van der Waals surface area contributed by atoms with Crippen molar-refractivity contribution < 1.29 is 8.42 Å². The van der Waals surface area contributed by atoms with Gasteiger partial charge in [-0.2, -0.15) is 9.40 Å². The molecule has 7 heteroatoms. The van der Waals surface area contributed by atoms with Crippen molar-refractivity contribution in [2.24, 2.45) is 0 Å². The van der Waals surface area contributed by atoms with Crippen LogP contribution in [0.5, 0.6) is 0 Å². The van der Waals surface area contributed by atoms with E-state index in [0.29, 0.717) is 18.0 Å². The summed E-state index contributed by atoms with van der Waals surface area (Å²) in [6.45, 7) is 7.33. The van der Waals surface area contributed by atoms with E-state index < -0.39 is 10.0 Å². The lowest BCUT2D eigenvalue weighted by atomic mass is 9.87. The molecule has 0 bridgehead atoms. The molecule has 1 unspecified atom stereocenters. The normalized spacial score (nSPS) is 20.2. The zero-order valence-electron chi connectivity index (χ0n) is 14.4. The molecule has 0 N–H and O–H groups in total. The van der Waals surface area contributed by atoms with E-state index in [9.17, 15) is 8.42 Å². The molecule has 2 aromatic rings. The minimum Gasteiger partial charge on any atom is -0.249 e. The van der Waals surface area contributed by atoms with Gasteiger partial charge in [0.2, 0.25) is 10.0 Å². The third kappa shape index (κ3) is 3.37. The van der Waals surface area contributed by atoms with Crippen LogP contribution in [0.4, 0.5) is 0 Å². The topological polar surface area (TPSA) is 68.1 Å². The molecule has 6 nitrogen and oxygen atoms in total. The van der Waals surface area contributed by atoms with Crippen LogP contribution in [-0.4, -0.2) is 40.6 Å². The van der Waals surface area contributed by atoms with Crippen LogP contribution in [0, 0.1) is 0 Å². The first kappa shape index (κ1) is 17.1. The van der Waals surface area contributed by atoms with Gasteiger partial charge >= 0.3 is 0 Å². The van der Waals surface area contributed by atoms with Gasteiger partial charge in [-0.15, -0.1) is 0 Å². The second kappa shape index (κ2) is 6.29. The molecule has 1 aliphatic heterocycles. The molecular formula is C17H24N4O2S. The van der Waals surface area contributed by atoms with E-state index in [4.69, 9.17) is 0 Å². The summed E-state index contributed by atoms with van der Waals surface area (Å²) in [4.78, 5) is 4.32. The number of sulfonamides is 1. The van der Waals surface area contributed by atoms with E-state index >= 15 is 0 Å². The molecular weight excluding hydrogens is 324 g/mol. The number of hydrogen-bond acceptors (Lipinski definition) is 4. The van der Waals surface area contributed by atoms with Crippen molar-refractivity contribution in [2.45, 2.75) is 50.0 Å². The third-order valence-electron chi connectivity index (χ3n) is 4.53. The number of benzene rings is 1. The molecule has 3 rings (SSSR count). The number of rotatable bonds is 3. The Kier molecular flexibility index (Phi) is 4.48. The molecule has 1 atom stereocenters. The van der Waals surface area contributed by atoms with E-state index in [1.54, 1.807) is 27.4 Å². The predicted octanol–water partition coefficient (Wildman–Crippen LogP) is 2.60. The molecule has 1 saturated heterocycles. The molecule has 2 heterocycles. The van der Waals surface area contributed by atoms with E-state index in [2.05, 4.69) is 30.9 Å². The van der Waals surface area contributed by atoms with Gasteiger partial charge in [0.15, 0.2) is 0 Å². The number of hydrogen-bond donors (Lipinski definition) is 0. The van der Waals surface area contributed by atoms with E-state index in [-0.39, 0.29) is 11.5 Å². The fraction of sp³-hybridized carbons (Fsp3) is 0.529. The lowest BCUT2D eigenvalue weighted by Crippen LogP contribution is -2.40. The van der Waals surface area contributed by atoms with Crippen LogP contribution in [-0.2, 0) is 15.4 Å². The predicted molar refractivity (Wildman–Crippen MR) is 92.2 cm³/mol. The smallest absolute Gasteiger partial charge is 0.243 e. The Morgan fingerprint density at radius 2 is 1.88 bits per heavy atom. The molecule has 130 valence electrons. The fourth-order valence-electron chi connectivity index (χ4n) is 3.04. The van der Waals surface area contributed by atoms with Crippen LogP contribution in [0.2, 0.25) is 0 Å². The summed E-state index contributed by atoms with van der Waals surface area (Å²) in [5.74, 6) is 0. The maximum atomic E-state index is 12.9. The highest BCUT2D eigenvalue weighted by molar-refractivity contribution is 7.89. The zero-order chi connectivity index (χ0) is 17.4. The molecule has 1 aromatic carbocycles. The van der Waals surface area contributed by atoms with Gasteiger partial charge in [0.05, 0.1) is 10.9 Å². The van der Waals surface area contributed by atoms with Crippen LogP contribution in [0.15, 0.2) is 41.8 Å². The number of aromatic nitrogens is 3. The van der Waals surface area contributed by atoms with Crippen LogP contribution in [0.1, 0.15) is 45.2 Å². The highest BCUT2D eigenvalue weighted by atomic mass is 32.2. The largest absolute Gasteiger partial charge is 0.249 e. The summed E-state index contributed by atoms with van der Waals surface area (Å²) in [6.07, 6.45) is 4.87. The van der Waals surface area contributed by atoms with Crippen molar-refractivity contribution in [3.05, 3.63) is 42.5 Å². The first-order valence-corrected chi connectivity index (χ1v) is 9.67. The van der Waals surface area contributed by atoms with Gasteiger partial charge in [-0.05, 0) is 36.0 Å². The Morgan fingerprint density at radius 1 is 1.17 bits per heavy atom. The molecule has 1 aromatic heterocycles. The summed E-state index contributed by atoms with van der Waals surface area (Å²) in [5, 5.41) is 4.15. The van der Waals surface area contributed by atoms with Gasteiger partial charge in [-0.25, -0.2) is 18.1 Å². The summed E-state index contributed by atoms with van der Waals surface area (Å²) in [7, 11) is -3.48. The molecule has 0 amide bonds. The van der Waals surface area contributed by atoms with Crippen molar-refractivity contribution in [2.75, 3.05) is 13.1 Å². The highest BCUT2D eigenvalue weighted by Gasteiger charge is 2.31. The molecule has 0 radical (unpaired) electrons. The Bertz CT molecular complexity index is 777. The van der Waals surface area contributed by atoms with E-state index in [0.717, 1.165) is 18.4 Å². The quantitative estimate of drug-likeness (QED) is 0.855. The van der Waals surface area contributed by atoms with Crippen molar-refractivity contribution in [1.29, 1.82) is 0 Å². The van der Waals surface area contributed by atoms with Gasteiger partial charge in [-0.3, -0.25) is 0 Å². The molecule has 24 heavy (non-hydrogen) atoms. The van der Waals surface area contributed by atoms with Crippen LogP contribution < -0.4 is 0 Å². The first-order valence-electron chi connectivity index (χ1n) is 8.23. The zero-order valence-corrected chi connectivity index (χ0v) is 15.2. The summed E-state index contributed by atoms with van der Waals surface area (Å²) in [5.41, 5.74) is 1.13. The SMILES string of the molecule is CC(C)(C)c1ccc(S(=O)(=O)N2CCCC(n3cncn3)C2)cc1. The second-order valence-corrected chi connectivity index (χ2v) is 9.25. The maximum absolute atomic E-state index is 12.9. The molecule has 0 aliphatic carbocycles. The van der Waals surface area contributed by atoms with Crippen molar-refractivity contribution in [3.63, 3.8) is 0 Å². The van der Waals surface area contributed by atoms with Crippen molar-refractivity contribution in [3.8, 4) is 0 Å². The third-order valence-corrected chi connectivity index (χ3v) is 6.41. The first-order chi connectivity index (χ1) is 11.3.